The Morgan fingerprint density at radius 3 is 2.27 bits per heavy atom. The van der Waals surface area contributed by atoms with Gasteiger partial charge in [-0.25, -0.2) is 17.2 Å². The van der Waals surface area contributed by atoms with Crippen LogP contribution >= 0.6 is 0 Å². The molecule has 0 heterocycles. The highest BCUT2D eigenvalue weighted by atomic mass is 32.2. The van der Waals surface area contributed by atoms with Crippen molar-refractivity contribution in [2.45, 2.75) is 23.9 Å². The quantitative estimate of drug-likeness (QED) is 0.515. The van der Waals surface area contributed by atoms with Gasteiger partial charge in [-0.3, -0.25) is 4.79 Å². The molecule has 0 saturated carbocycles. The minimum Gasteiger partial charge on any atom is -0.494 e. The topological polar surface area (TPSA) is 75.7 Å². The highest BCUT2D eigenvalue weighted by molar-refractivity contribution is 7.89. The van der Waals surface area contributed by atoms with Crippen molar-refractivity contribution >= 4 is 15.9 Å². The third-order valence-electron chi connectivity index (χ3n) is 5.02. The van der Waals surface area contributed by atoms with Gasteiger partial charge in [-0.15, -0.1) is 0 Å². The first kappa shape index (κ1) is 24.3. The van der Waals surface area contributed by atoms with Gasteiger partial charge in [0.05, 0.1) is 7.11 Å². The number of likely N-dealkylation sites (N-methyl/N-ethyl adjacent to an activating group) is 1. The highest BCUT2D eigenvalue weighted by Crippen LogP contribution is 2.20. The molecule has 9 heteroatoms. The van der Waals surface area contributed by atoms with Crippen molar-refractivity contribution in [3.63, 3.8) is 0 Å². The largest absolute Gasteiger partial charge is 0.494 e. The van der Waals surface area contributed by atoms with Crippen LogP contribution in [0, 0.1) is 11.6 Å². The van der Waals surface area contributed by atoms with E-state index in [2.05, 4.69) is 4.72 Å². The zero-order valence-corrected chi connectivity index (χ0v) is 19.0. The number of halogens is 2. The van der Waals surface area contributed by atoms with E-state index in [1.54, 1.807) is 36.4 Å². The van der Waals surface area contributed by atoms with E-state index in [-0.39, 0.29) is 18.7 Å². The molecular formula is C24H24F2N2O4S. The lowest BCUT2D eigenvalue weighted by Crippen LogP contribution is -2.48. The van der Waals surface area contributed by atoms with E-state index in [1.165, 1.54) is 43.3 Å². The Morgan fingerprint density at radius 1 is 0.970 bits per heavy atom. The van der Waals surface area contributed by atoms with Crippen LogP contribution < -0.4 is 9.46 Å². The predicted octanol–water partition coefficient (Wildman–Crippen LogP) is 3.52. The number of carbonyl (C=O) groups excluding carboxylic acids is 1. The number of methoxy groups -OCH3 is 1. The molecule has 33 heavy (non-hydrogen) atoms. The first-order valence-corrected chi connectivity index (χ1v) is 11.6. The average molecular weight is 475 g/mol. The molecule has 6 nitrogen and oxygen atoms in total. The van der Waals surface area contributed by atoms with Gasteiger partial charge in [0.2, 0.25) is 15.9 Å². The van der Waals surface area contributed by atoms with Crippen LogP contribution in [0.1, 0.15) is 11.1 Å². The Hall–Kier alpha value is -3.30. The normalized spacial score (nSPS) is 12.2. The number of hydrogen-bond acceptors (Lipinski definition) is 4. The Labute approximate surface area is 191 Å². The molecule has 0 radical (unpaired) electrons. The molecule has 0 fully saturated rings. The molecule has 0 aliphatic rings. The van der Waals surface area contributed by atoms with Crippen LogP contribution in [0.15, 0.2) is 77.7 Å². The number of hydrogen-bond donors (Lipinski definition) is 1. The molecule has 0 bridgehead atoms. The van der Waals surface area contributed by atoms with Crippen molar-refractivity contribution in [3.05, 3.63) is 95.6 Å². The van der Waals surface area contributed by atoms with Crippen molar-refractivity contribution in [2.24, 2.45) is 0 Å². The number of sulfonamides is 1. The van der Waals surface area contributed by atoms with Gasteiger partial charge in [-0.05, 0) is 41.8 Å². The van der Waals surface area contributed by atoms with Crippen LogP contribution in [-0.2, 0) is 27.8 Å². The van der Waals surface area contributed by atoms with Crippen molar-refractivity contribution in [1.82, 2.24) is 9.62 Å². The van der Waals surface area contributed by atoms with E-state index in [0.29, 0.717) is 5.56 Å². The minimum absolute atomic E-state index is 0.0342. The molecule has 1 N–H and O–H groups in total. The second kappa shape index (κ2) is 10.5. The van der Waals surface area contributed by atoms with Gasteiger partial charge in [-0.2, -0.15) is 4.72 Å². The molecule has 0 aliphatic carbocycles. The second-order valence-electron chi connectivity index (χ2n) is 7.46. The molecule has 1 amide bonds. The van der Waals surface area contributed by atoms with Crippen molar-refractivity contribution < 1.29 is 26.7 Å². The molecule has 0 aromatic heterocycles. The Morgan fingerprint density at radius 2 is 1.64 bits per heavy atom. The second-order valence-corrected chi connectivity index (χ2v) is 9.14. The number of carbonyl (C=O) groups is 1. The van der Waals surface area contributed by atoms with Gasteiger partial charge in [0.1, 0.15) is 16.8 Å². The Balaban J connectivity index is 1.86. The first-order valence-electron chi connectivity index (χ1n) is 10.1. The maximum atomic E-state index is 14.1. The summed E-state index contributed by atoms with van der Waals surface area (Å²) in [6, 6.07) is 16.9. The smallest absolute Gasteiger partial charge is 0.244 e. The van der Waals surface area contributed by atoms with E-state index < -0.39 is 38.5 Å². The fraction of sp³-hybridized carbons (Fsp3) is 0.208. The minimum atomic E-state index is -4.33. The van der Waals surface area contributed by atoms with Gasteiger partial charge < -0.3 is 9.64 Å². The summed E-state index contributed by atoms with van der Waals surface area (Å²) >= 11 is 0. The summed E-state index contributed by atoms with van der Waals surface area (Å²) in [6.07, 6.45) is 0.0503. The van der Waals surface area contributed by atoms with E-state index >= 15 is 0 Å². The molecule has 1 unspecified atom stereocenters. The average Bonchev–Trinajstić information content (AvgIpc) is 2.79. The molecule has 0 spiro atoms. The van der Waals surface area contributed by atoms with Gasteiger partial charge in [0, 0.05) is 13.6 Å². The van der Waals surface area contributed by atoms with Gasteiger partial charge in [0.15, 0.2) is 11.6 Å². The maximum Gasteiger partial charge on any atom is 0.244 e. The lowest BCUT2D eigenvalue weighted by molar-refractivity contribution is -0.132. The zero-order valence-electron chi connectivity index (χ0n) is 18.2. The predicted molar refractivity (Wildman–Crippen MR) is 120 cm³/mol. The van der Waals surface area contributed by atoms with E-state index in [9.17, 15) is 22.0 Å². The summed E-state index contributed by atoms with van der Waals surface area (Å²) in [6.45, 7) is 0.0342. The summed E-state index contributed by atoms with van der Waals surface area (Å²) in [7, 11) is -1.49. The number of rotatable bonds is 9. The molecule has 1 atom stereocenters. The van der Waals surface area contributed by atoms with Crippen LogP contribution in [0.4, 0.5) is 8.78 Å². The number of ether oxygens (including phenoxy) is 1. The van der Waals surface area contributed by atoms with Crippen LogP contribution in [0.5, 0.6) is 5.75 Å². The van der Waals surface area contributed by atoms with E-state index in [4.69, 9.17) is 4.74 Å². The lowest BCUT2D eigenvalue weighted by atomic mass is 10.1. The highest BCUT2D eigenvalue weighted by Gasteiger charge is 2.29. The van der Waals surface area contributed by atoms with E-state index in [0.717, 1.165) is 17.7 Å². The Kier molecular flexibility index (Phi) is 7.78. The van der Waals surface area contributed by atoms with Crippen molar-refractivity contribution in [2.75, 3.05) is 14.2 Å². The van der Waals surface area contributed by atoms with Crippen LogP contribution in [0.3, 0.4) is 0 Å². The fourth-order valence-corrected chi connectivity index (χ4v) is 4.64. The lowest BCUT2D eigenvalue weighted by Gasteiger charge is -2.25. The first-order chi connectivity index (χ1) is 15.7. The van der Waals surface area contributed by atoms with Crippen LogP contribution in [0.25, 0.3) is 0 Å². The van der Waals surface area contributed by atoms with Crippen molar-refractivity contribution in [1.29, 1.82) is 0 Å². The van der Waals surface area contributed by atoms with E-state index in [1.807, 2.05) is 0 Å². The Bertz CT molecular complexity index is 1220. The van der Waals surface area contributed by atoms with Crippen LogP contribution in [0.2, 0.25) is 0 Å². The molecular weight excluding hydrogens is 450 g/mol. The molecule has 3 rings (SSSR count). The summed E-state index contributed by atoms with van der Waals surface area (Å²) in [4.78, 5) is 14.0. The number of nitrogens with zero attached hydrogens (tertiary/aromatic N) is 1. The summed E-state index contributed by atoms with van der Waals surface area (Å²) < 4.78 is 61.2. The number of amides is 1. The van der Waals surface area contributed by atoms with Gasteiger partial charge in [-0.1, -0.05) is 48.5 Å². The van der Waals surface area contributed by atoms with Gasteiger partial charge in [0.25, 0.3) is 0 Å². The fourth-order valence-electron chi connectivity index (χ4n) is 3.37. The third kappa shape index (κ3) is 6.15. The maximum absolute atomic E-state index is 14.1. The van der Waals surface area contributed by atoms with Crippen molar-refractivity contribution in [3.8, 4) is 5.75 Å². The molecule has 3 aromatic rings. The number of benzene rings is 3. The monoisotopic (exact) mass is 474 g/mol. The molecule has 174 valence electrons. The summed E-state index contributed by atoms with van der Waals surface area (Å²) in [5.41, 5.74) is 1.22. The summed E-state index contributed by atoms with van der Waals surface area (Å²) in [5.74, 6) is -1.96. The molecule has 0 saturated heterocycles. The molecule has 3 aromatic carbocycles. The summed E-state index contributed by atoms with van der Waals surface area (Å²) in [5, 5.41) is 0. The third-order valence-corrected chi connectivity index (χ3v) is 6.52. The number of nitrogens with one attached hydrogen (secondary N) is 1. The van der Waals surface area contributed by atoms with Crippen LogP contribution in [-0.4, -0.2) is 39.4 Å². The SMILES string of the molecule is COc1ccc(CN(C)C(=O)C(Cc2ccccc2)NS(=O)(=O)c2ccccc2F)cc1F. The standard InChI is InChI=1S/C24H24F2N2O4S/c1-28(16-18-12-13-22(32-2)20(26)14-18)24(29)21(15-17-8-4-3-5-9-17)27-33(30,31)23-11-7-6-10-19(23)25/h3-14,21,27H,15-16H2,1-2H3. The molecule has 0 aliphatic heterocycles. The zero-order chi connectivity index (χ0) is 24.0. The van der Waals surface area contributed by atoms with Gasteiger partial charge >= 0.3 is 0 Å².